The average Bonchev–Trinajstić information content (AvgIpc) is 3.21. The average molecular weight is 462 g/mol. The molecular formula is C21H17ClF3N6O. The molecule has 3 aromatic rings. The summed E-state index contributed by atoms with van der Waals surface area (Å²) in [5, 5.41) is 7.33. The number of aromatic nitrogens is 3. The molecule has 1 radical (unpaired) electrons. The summed E-state index contributed by atoms with van der Waals surface area (Å²) >= 11 is 6.08. The minimum absolute atomic E-state index is 0.0584. The highest BCUT2D eigenvalue weighted by molar-refractivity contribution is 6.28. The minimum Gasteiger partial charge on any atom is -0.366 e. The van der Waals surface area contributed by atoms with Crippen LogP contribution < -0.4 is 16.2 Å². The molecule has 165 valence electrons. The number of benzene rings is 1. The van der Waals surface area contributed by atoms with E-state index < -0.39 is 17.3 Å². The molecule has 0 atom stereocenters. The van der Waals surface area contributed by atoms with E-state index in [9.17, 15) is 18.0 Å². The van der Waals surface area contributed by atoms with Crippen LogP contribution in [0.15, 0.2) is 52.4 Å². The van der Waals surface area contributed by atoms with Crippen LogP contribution in [0.5, 0.6) is 0 Å². The molecule has 1 aliphatic heterocycles. The molecule has 0 fully saturated rings. The van der Waals surface area contributed by atoms with Crippen molar-refractivity contribution in [3.05, 3.63) is 74.9 Å². The van der Waals surface area contributed by atoms with Crippen molar-refractivity contribution in [2.75, 3.05) is 5.32 Å². The van der Waals surface area contributed by atoms with Crippen LogP contribution >= 0.6 is 11.6 Å². The van der Waals surface area contributed by atoms with Gasteiger partial charge in [0.2, 0.25) is 5.28 Å². The molecule has 1 aromatic carbocycles. The quantitative estimate of drug-likeness (QED) is 0.541. The van der Waals surface area contributed by atoms with Gasteiger partial charge in [0, 0.05) is 24.8 Å². The predicted molar refractivity (Wildman–Crippen MR) is 115 cm³/mol. The molecule has 32 heavy (non-hydrogen) atoms. The topological polar surface area (TPSA) is 86.3 Å². The standard InChI is InChI=1S/C21H17ClF3N6O/c1-2-8-31-18-16(19(32)30-20(31)22)28-17(29-18)13-6-7-15(27-11-13)26-10-12-4-3-5-14(9-12)21(23,24)25/h3-7,9,11H,2,8,10H2,1H3,(H,26,27). The van der Waals surface area contributed by atoms with E-state index in [-0.39, 0.29) is 17.5 Å². The van der Waals surface area contributed by atoms with Crippen LogP contribution in [0, 0.1) is 0 Å². The maximum absolute atomic E-state index is 12.9. The smallest absolute Gasteiger partial charge is 0.366 e. The fraction of sp³-hybridized carbons (Fsp3) is 0.238. The van der Waals surface area contributed by atoms with Crippen molar-refractivity contribution in [2.24, 2.45) is 4.99 Å². The summed E-state index contributed by atoms with van der Waals surface area (Å²) in [5.74, 6) is 1.14. The van der Waals surface area contributed by atoms with Crippen LogP contribution in [0.2, 0.25) is 5.28 Å². The van der Waals surface area contributed by atoms with Gasteiger partial charge in [-0.05, 0) is 47.9 Å². The molecule has 1 N–H and O–H groups in total. The maximum Gasteiger partial charge on any atom is 0.416 e. The number of nitrogens with zero attached hydrogens (tertiary/aromatic N) is 5. The van der Waals surface area contributed by atoms with Crippen molar-refractivity contribution in [2.45, 2.75) is 32.6 Å². The molecule has 0 bridgehead atoms. The molecule has 0 saturated heterocycles. The van der Waals surface area contributed by atoms with Gasteiger partial charge in [0.1, 0.15) is 5.82 Å². The first-order chi connectivity index (χ1) is 15.3. The van der Waals surface area contributed by atoms with E-state index in [1.165, 1.54) is 12.3 Å². The number of hydrogen-bond acceptors (Lipinski definition) is 5. The van der Waals surface area contributed by atoms with Crippen molar-refractivity contribution < 1.29 is 13.2 Å². The lowest BCUT2D eigenvalue weighted by Gasteiger charge is -2.10. The van der Waals surface area contributed by atoms with Crippen molar-refractivity contribution >= 4 is 34.8 Å². The minimum atomic E-state index is -4.39. The third kappa shape index (κ3) is 4.45. The Labute approximate surface area is 186 Å². The molecule has 3 heterocycles. The van der Waals surface area contributed by atoms with Gasteiger partial charge in [-0.1, -0.05) is 19.1 Å². The van der Waals surface area contributed by atoms with Crippen molar-refractivity contribution in [3.63, 3.8) is 0 Å². The number of anilines is 1. The summed E-state index contributed by atoms with van der Waals surface area (Å²) < 4.78 is 40.2. The van der Waals surface area contributed by atoms with Crippen LogP contribution in [0.25, 0.3) is 0 Å². The molecule has 4 rings (SSSR count). The number of aliphatic imine (C=N–C) groups is 1. The van der Waals surface area contributed by atoms with Crippen molar-refractivity contribution in [3.8, 4) is 0 Å². The predicted octanol–water partition coefficient (Wildman–Crippen LogP) is 4.66. The maximum atomic E-state index is 12.9. The molecule has 0 amide bonds. The Morgan fingerprint density at radius 2 is 2.00 bits per heavy atom. The Kier molecular flexibility index (Phi) is 5.88. The molecule has 0 saturated carbocycles. The van der Waals surface area contributed by atoms with E-state index in [0.717, 1.165) is 18.6 Å². The van der Waals surface area contributed by atoms with E-state index in [0.29, 0.717) is 35.1 Å². The second-order valence-corrected chi connectivity index (χ2v) is 7.38. The first-order valence-corrected chi connectivity index (χ1v) is 10.1. The summed E-state index contributed by atoms with van der Waals surface area (Å²) in [7, 11) is 0. The third-order valence-corrected chi connectivity index (χ3v) is 5.00. The Bertz CT molecular complexity index is 1240. The molecular weight excluding hydrogens is 445 g/mol. The zero-order chi connectivity index (χ0) is 22.9. The number of rotatable bonds is 6. The van der Waals surface area contributed by atoms with Crippen LogP contribution in [0.4, 0.5) is 30.5 Å². The second kappa shape index (κ2) is 8.62. The van der Waals surface area contributed by atoms with Crippen molar-refractivity contribution in [1.29, 1.82) is 0 Å². The highest BCUT2D eigenvalue weighted by Crippen LogP contribution is 2.31. The first-order valence-electron chi connectivity index (χ1n) is 9.73. The fourth-order valence-electron chi connectivity index (χ4n) is 3.18. The SMILES string of the molecule is CCCn1c(Cl)nc(=O)c2c1N=C(c1ccc(NCc3cccc(C(F)(F)F)c3)nc1)[N]2. The summed E-state index contributed by atoms with van der Waals surface area (Å²) in [6.45, 7) is 2.68. The van der Waals surface area contributed by atoms with E-state index in [4.69, 9.17) is 11.6 Å². The van der Waals surface area contributed by atoms with Crippen molar-refractivity contribution in [1.82, 2.24) is 19.9 Å². The molecule has 0 unspecified atom stereocenters. The van der Waals surface area contributed by atoms with Gasteiger partial charge in [0.05, 0.1) is 5.56 Å². The molecule has 2 aromatic heterocycles. The number of hydrogen-bond donors (Lipinski definition) is 1. The summed E-state index contributed by atoms with van der Waals surface area (Å²) in [6, 6.07) is 8.46. The van der Waals surface area contributed by atoms with Gasteiger partial charge in [0.15, 0.2) is 17.3 Å². The normalized spacial score (nSPS) is 12.8. The third-order valence-electron chi connectivity index (χ3n) is 4.71. The number of amidine groups is 1. The number of nitrogens with one attached hydrogen (secondary N) is 1. The molecule has 1 aliphatic rings. The Hall–Kier alpha value is -3.40. The van der Waals surface area contributed by atoms with Gasteiger partial charge >= 0.3 is 11.7 Å². The highest BCUT2D eigenvalue weighted by atomic mass is 35.5. The summed E-state index contributed by atoms with van der Waals surface area (Å²) in [6.07, 6.45) is -2.10. The second-order valence-electron chi connectivity index (χ2n) is 7.04. The Morgan fingerprint density at radius 1 is 1.19 bits per heavy atom. The monoisotopic (exact) mass is 461 g/mol. The lowest BCUT2D eigenvalue weighted by atomic mass is 10.1. The van der Waals surface area contributed by atoms with Gasteiger partial charge in [-0.3, -0.25) is 9.36 Å². The van der Waals surface area contributed by atoms with Gasteiger partial charge in [-0.2, -0.15) is 18.2 Å². The van der Waals surface area contributed by atoms with Gasteiger partial charge in [0.25, 0.3) is 0 Å². The highest BCUT2D eigenvalue weighted by Gasteiger charge is 2.30. The van der Waals surface area contributed by atoms with Gasteiger partial charge in [-0.25, -0.2) is 15.3 Å². The van der Waals surface area contributed by atoms with E-state index >= 15 is 0 Å². The van der Waals surface area contributed by atoms with Crippen LogP contribution in [-0.2, 0) is 19.3 Å². The number of pyridine rings is 1. The van der Waals surface area contributed by atoms with Crippen LogP contribution in [0.1, 0.15) is 30.0 Å². The van der Waals surface area contributed by atoms with E-state index in [1.54, 1.807) is 22.8 Å². The summed E-state index contributed by atoms with van der Waals surface area (Å²) in [4.78, 5) is 24.7. The van der Waals surface area contributed by atoms with E-state index in [2.05, 4.69) is 25.6 Å². The zero-order valence-electron chi connectivity index (χ0n) is 16.8. The lowest BCUT2D eigenvalue weighted by Crippen LogP contribution is -2.18. The molecule has 11 heteroatoms. The molecule has 0 aliphatic carbocycles. The Morgan fingerprint density at radius 3 is 2.69 bits per heavy atom. The Balaban J connectivity index is 1.49. The number of alkyl halides is 3. The molecule has 0 spiro atoms. The number of halogens is 4. The molecule has 7 nitrogen and oxygen atoms in total. The van der Waals surface area contributed by atoms with Gasteiger partial charge < -0.3 is 5.32 Å². The zero-order valence-corrected chi connectivity index (χ0v) is 17.6. The first kappa shape index (κ1) is 21.8. The van der Waals surface area contributed by atoms with Crippen LogP contribution in [0.3, 0.4) is 0 Å². The van der Waals surface area contributed by atoms with E-state index in [1.807, 2.05) is 6.92 Å². The lowest BCUT2D eigenvalue weighted by molar-refractivity contribution is -0.137. The van der Waals surface area contributed by atoms with Gasteiger partial charge in [-0.15, -0.1) is 0 Å². The largest absolute Gasteiger partial charge is 0.416 e. The fourth-order valence-corrected chi connectivity index (χ4v) is 3.42. The van der Waals surface area contributed by atoms with Crippen LogP contribution in [-0.4, -0.2) is 20.4 Å². The number of fused-ring (bicyclic) bond motifs is 1. The summed E-state index contributed by atoms with van der Waals surface area (Å²) in [5.41, 5.74) is -0.0743.